The minimum atomic E-state index is 0.0913. The van der Waals surface area contributed by atoms with E-state index in [-0.39, 0.29) is 5.91 Å². The summed E-state index contributed by atoms with van der Waals surface area (Å²) in [6.07, 6.45) is 2.85. The lowest BCUT2D eigenvalue weighted by Crippen LogP contribution is -2.40. The predicted octanol–water partition coefficient (Wildman–Crippen LogP) is 2.41. The lowest BCUT2D eigenvalue weighted by Gasteiger charge is -2.22. The van der Waals surface area contributed by atoms with E-state index in [1.807, 2.05) is 5.38 Å². The molecule has 1 aliphatic rings. The van der Waals surface area contributed by atoms with Crippen molar-refractivity contribution in [3.63, 3.8) is 0 Å². The maximum absolute atomic E-state index is 12.0. The third-order valence-corrected chi connectivity index (χ3v) is 5.04. The molecule has 0 aliphatic carbocycles. The van der Waals surface area contributed by atoms with Gasteiger partial charge in [-0.25, -0.2) is 4.98 Å². The molecule has 2 heterocycles. The summed E-state index contributed by atoms with van der Waals surface area (Å²) in [6.45, 7) is 9.45. The van der Waals surface area contributed by atoms with Crippen LogP contribution in [-0.2, 0) is 11.2 Å². The number of aromatic nitrogens is 1. The van der Waals surface area contributed by atoms with Gasteiger partial charge in [0.1, 0.15) is 0 Å². The first-order valence-electron chi connectivity index (χ1n) is 7.55. The second kappa shape index (κ2) is 7.18. The van der Waals surface area contributed by atoms with Crippen LogP contribution in [0.25, 0.3) is 0 Å². The van der Waals surface area contributed by atoms with E-state index < -0.39 is 0 Å². The van der Waals surface area contributed by atoms with Gasteiger partial charge in [-0.2, -0.15) is 0 Å². The predicted molar refractivity (Wildman–Crippen MR) is 83.2 cm³/mol. The Hall–Kier alpha value is -0.940. The van der Waals surface area contributed by atoms with E-state index in [9.17, 15) is 4.79 Å². The van der Waals surface area contributed by atoms with Crippen LogP contribution in [0.4, 0.5) is 0 Å². The zero-order chi connectivity index (χ0) is 14.5. The number of nitrogens with zero attached hydrogens (tertiary/aromatic N) is 2. The Balaban J connectivity index is 1.77. The van der Waals surface area contributed by atoms with Crippen molar-refractivity contribution in [1.29, 1.82) is 0 Å². The van der Waals surface area contributed by atoms with Gasteiger partial charge in [0.05, 0.1) is 17.1 Å². The molecule has 1 aliphatic heterocycles. The maximum Gasteiger partial charge on any atom is 0.226 e. The third-order valence-electron chi connectivity index (χ3n) is 3.85. The molecule has 112 valence electrons. The number of likely N-dealkylation sites (N-methyl/N-ethyl adjacent to an activating group) is 1. The summed E-state index contributed by atoms with van der Waals surface area (Å²) < 4.78 is 0. The average molecular weight is 295 g/mol. The van der Waals surface area contributed by atoms with E-state index in [0.717, 1.165) is 23.8 Å². The quantitative estimate of drug-likeness (QED) is 0.876. The van der Waals surface area contributed by atoms with Crippen LogP contribution < -0.4 is 5.32 Å². The van der Waals surface area contributed by atoms with E-state index in [1.54, 1.807) is 11.3 Å². The summed E-state index contributed by atoms with van der Waals surface area (Å²) in [7, 11) is 0. The standard InChI is InChI=1S/C15H25N3OS/c1-4-18-7-5-6-13(18)9-16-14(19)8-12-10-20-15(17-12)11(2)3/h10-11,13H,4-9H2,1-3H3,(H,16,19). The van der Waals surface area contributed by atoms with E-state index in [1.165, 1.54) is 19.4 Å². The van der Waals surface area contributed by atoms with E-state index in [4.69, 9.17) is 0 Å². The minimum Gasteiger partial charge on any atom is -0.354 e. The average Bonchev–Trinajstić information content (AvgIpc) is 3.04. The van der Waals surface area contributed by atoms with Crippen LogP contribution in [0, 0.1) is 0 Å². The number of nitrogens with one attached hydrogen (secondary N) is 1. The van der Waals surface area contributed by atoms with Gasteiger partial charge in [0.25, 0.3) is 0 Å². The van der Waals surface area contributed by atoms with Gasteiger partial charge in [0.2, 0.25) is 5.91 Å². The molecular formula is C15H25N3OS. The number of carbonyl (C=O) groups is 1. The van der Waals surface area contributed by atoms with Crippen molar-refractivity contribution in [3.05, 3.63) is 16.1 Å². The summed E-state index contributed by atoms with van der Waals surface area (Å²) in [5, 5.41) is 6.17. The molecule has 0 aromatic carbocycles. The van der Waals surface area contributed by atoms with Crippen molar-refractivity contribution >= 4 is 17.2 Å². The second-order valence-corrected chi connectivity index (χ2v) is 6.63. The summed E-state index contributed by atoms with van der Waals surface area (Å²) in [4.78, 5) is 18.9. The summed E-state index contributed by atoms with van der Waals surface area (Å²) in [6, 6.07) is 0.519. The van der Waals surface area contributed by atoms with E-state index >= 15 is 0 Å². The topological polar surface area (TPSA) is 45.2 Å². The fraction of sp³-hybridized carbons (Fsp3) is 0.733. The number of rotatable bonds is 6. The lowest BCUT2D eigenvalue weighted by atomic mass is 10.2. The van der Waals surface area contributed by atoms with Crippen LogP contribution in [0.5, 0.6) is 0 Å². The molecule has 20 heavy (non-hydrogen) atoms. The van der Waals surface area contributed by atoms with Gasteiger partial charge < -0.3 is 5.32 Å². The van der Waals surface area contributed by atoms with Crippen molar-refractivity contribution in [2.75, 3.05) is 19.6 Å². The van der Waals surface area contributed by atoms with Gasteiger partial charge in [-0.05, 0) is 25.9 Å². The van der Waals surface area contributed by atoms with Gasteiger partial charge >= 0.3 is 0 Å². The van der Waals surface area contributed by atoms with Crippen LogP contribution >= 0.6 is 11.3 Å². The largest absolute Gasteiger partial charge is 0.354 e. The molecule has 2 rings (SSSR count). The Morgan fingerprint density at radius 1 is 1.60 bits per heavy atom. The highest BCUT2D eigenvalue weighted by molar-refractivity contribution is 7.09. The van der Waals surface area contributed by atoms with Crippen molar-refractivity contribution in [3.8, 4) is 0 Å². The SMILES string of the molecule is CCN1CCCC1CNC(=O)Cc1csc(C(C)C)n1. The monoisotopic (exact) mass is 295 g/mol. The molecule has 1 aromatic rings. The van der Waals surface area contributed by atoms with Crippen molar-refractivity contribution in [2.45, 2.75) is 52.0 Å². The van der Waals surface area contributed by atoms with Crippen LogP contribution in [0.2, 0.25) is 0 Å². The highest BCUT2D eigenvalue weighted by Gasteiger charge is 2.23. The first-order valence-corrected chi connectivity index (χ1v) is 8.43. The van der Waals surface area contributed by atoms with Gasteiger partial charge in [0, 0.05) is 23.9 Å². The molecule has 1 unspecified atom stereocenters. The first kappa shape index (κ1) is 15.4. The summed E-state index contributed by atoms with van der Waals surface area (Å²) in [5.74, 6) is 0.530. The molecule has 0 spiro atoms. The second-order valence-electron chi connectivity index (χ2n) is 5.74. The molecule has 1 fully saturated rings. The molecule has 1 atom stereocenters. The van der Waals surface area contributed by atoms with Crippen molar-refractivity contribution < 1.29 is 4.79 Å². The van der Waals surface area contributed by atoms with Crippen molar-refractivity contribution in [1.82, 2.24) is 15.2 Å². The van der Waals surface area contributed by atoms with Gasteiger partial charge in [-0.15, -0.1) is 11.3 Å². The number of amides is 1. The van der Waals surface area contributed by atoms with Crippen LogP contribution in [0.15, 0.2) is 5.38 Å². The Kier molecular flexibility index (Phi) is 5.54. The van der Waals surface area contributed by atoms with Crippen LogP contribution in [0.3, 0.4) is 0 Å². The molecule has 5 heteroatoms. The number of hydrogen-bond donors (Lipinski definition) is 1. The van der Waals surface area contributed by atoms with Crippen LogP contribution in [-0.4, -0.2) is 41.5 Å². The molecule has 1 saturated heterocycles. The normalized spacial score (nSPS) is 19.7. The first-order chi connectivity index (χ1) is 9.60. The Labute approximate surface area is 125 Å². The Morgan fingerprint density at radius 3 is 3.05 bits per heavy atom. The molecule has 4 nitrogen and oxygen atoms in total. The molecule has 1 amide bonds. The highest BCUT2D eigenvalue weighted by Crippen LogP contribution is 2.19. The minimum absolute atomic E-state index is 0.0913. The number of likely N-dealkylation sites (tertiary alicyclic amines) is 1. The van der Waals surface area contributed by atoms with E-state index in [0.29, 0.717) is 18.4 Å². The number of hydrogen-bond acceptors (Lipinski definition) is 4. The lowest BCUT2D eigenvalue weighted by molar-refractivity contribution is -0.120. The fourth-order valence-electron chi connectivity index (χ4n) is 2.67. The fourth-order valence-corrected chi connectivity index (χ4v) is 3.51. The number of thiazole rings is 1. The van der Waals surface area contributed by atoms with Crippen LogP contribution in [0.1, 0.15) is 50.2 Å². The molecule has 1 aromatic heterocycles. The van der Waals surface area contributed by atoms with Gasteiger partial charge in [-0.1, -0.05) is 20.8 Å². The highest BCUT2D eigenvalue weighted by atomic mass is 32.1. The van der Waals surface area contributed by atoms with Gasteiger partial charge in [0.15, 0.2) is 0 Å². The molecule has 1 N–H and O–H groups in total. The molecular weight excluding hydrogens is 270 g/mol. The van der Waals surface area contributed by atoms with Gasteiger partial charge in [-0.3, -0.25) is 9.69 Å². The molecule has 0 saturated carbocycles. The summed E-state index contributed by atoms with van der Waals surface area (Å²) in [5.41, 5.74) is 0.898. The molecule has 0 bridgehead atoms. The summed E-state index contributed by atoms with van der Waals surface area (Å²) >= 11 is 1.65. The third kappa shape index (κ3) is 4.03. The maximum atomic E-state index is 12.0. The zero-order valence-electron chi connectivity index (χ0n) is 12.7. The van der Waals surface area contributed by atoms with E-state index in [2.05, 4.69) is 36.0 Å². The van der Waals surface area contributed by atoms with Crippen molar-refractivity contribution in [2.24, 2.45) is 0 Å². The smallest absolute Gasteiger partial charge is 0.226 e. The molecule has 0 radical (unpaired) electrons. The zero-order valence-corrected chi connectivity index (χ0v) is 13.5. The Bertz CT molecular complexity index is 444. The Morgan fingerprint density at radius 2 is 2.40 bits per heavy atom. The number of carbonyl (C=O) groups excluding carboxylic acids is 1.